The van der Waals surface area contributed by atoms with Crippen LogP contribution in [0.4, 0.5) is 0 Å². The van der Waals surface area contributed by atoms with Gasteiger partial charge in [0.15, 0.2) is 6.10 Å². The molecular weight excluding hydrogens is 462 g/mol. The van der Waals surface area contributed by atoms with Gasteiger partial charge in [-0.25, -0.2) is 4.79 Å². The van der Waals surface area contributed by atoms with Gasteiger partial charge in [0.2, 0.25) is 0 Å². The standard InChI is InChI=1S/C32H33NO4/c1-6-7-8-20-9-10-23-22(18-20)17-19(2)26(30(31(34)35)37-32(3,4)5)28(23)24-11-12-25-27-21(14-16-36-25)13-15-33-29(24)27/h6-7,9-13,15,17-18,30H,8,14,16H2,1-5H3,(H,34,35). The molecule has 1 aromatic heterocycles. The first-order valence-corrected chi connectivity index (χ1v) is 12.8. The van der Waals surface area contributed by atoms with Crippen molar-refractivity contribution >= 4 is 27.6 Å². The molecule has 37 heavy (non-hydrogen) atoms. The van der Waals surface area contributed by atoms with Crippen molar-refractivity contribution in [2.45, 2.75) is 59.2 Å². The van der Waals surface area contributed by atoms with Crippen molar-refractivity contribution in [1.29, 1.82) is 0 Å². The molecule has 4 aromatic rings. The monoisotopic (exact) mass is 495 g/mol. The van der Waals surface area contributed by atoms with Crippen LogP contribution in [0.25, 0.3) is 32.8 Å². The fourth-order valence-corrected chi connectivity index (χ4v) is 5.31. The summed E-state index contributed by atoms with van der Waals surface area (Å²) in [6.45, 7) is 10.3. The molecule has 5 rings (SSSR count). The number of pyridine rings is 1. The summed E-state index contributed by atoms with van der Waals surface area (Å²) in [6, 6.07) is 14.5. The zero-order chi connectivity index (χ0) is 26.3. The summed E-state index contributed by atoms with van der Waals surface area (Å²) >= 11 is 0. The molecule has 2 heterocycles. The molecule has 0 saturated heterocycles. The normalized spacial score (nSPS) is 14.3. The van der Waals surface area contributed by atoms with Gasteiger partial charge in [-0.05, 0) is 92.3 Å². The Morgan fingerprint density at radius 1 is 1.19 bits per heavy atom. The van der Waals surface area contributed by atoms with Crippen LogP contribution in [0, 0.1) is 6.92 Å². The van der Waals surface area contributed by atoms with Gasteiger partial charge in [0, 0.05) is 29.1 Å². The summed E-state index contributed by atoms with van der Waals surface area (Å²) in [5, 5.41) is 13.4. The molecule has 0 fully saturated rings. The fraction of sp³-hybridized carbons (Fsp3) is 0.312. The average molecular weight is 496 g/mol. The van der Waals surface area contributed by atoms with E-state index in [4.69, 9.17) is 14.5 Å². The minimum absolute atomic E-state index is 0.638. The van der Waals surface area contributed by atoms with E-state index in [9.17, 15) is 9.90 Å². The lowest BCUT2D eigenvalue weighted by Crippen LogP contribution is -2.28. The van der Waals surface area contributed by atoms with E-state index in [1.165, 1.54) is 11.1 Å². The number of hydrogen-bond donors (Lipinski definition) is 1. The highest BCUT2D eigenvalue weighted by atomic mass is 16.5. The van der Waals surface area contributed by atoms with Crippen LogP contribution in [0.15, 0.2) is 60.8 Å². The Bertz CT molecular complexity index is 1530. The van der Waals surface area contributed by atoms with E-state index in [-0.39, 0.29) is 0 Å². The molecule has 5 nitrogen and oxygen atoms in total. The predicted molar refractivity (Wildman–Crippen MR) is 148 cm³/mol. The third kappa shape index (κ3) is 4.72. The molecule has 1 N–H and O–H groups in total. The number of aryl methyl sites for hydroxylation is 1. The second-order valence-corrected chi connectivity index (χ2v) is 10.7. The first-order chi connectivity index (χ1) is 17.7. The second-order valence-electron chi connectivity index (χ2n) is 10.7. The summed E-state index contributed by atoms with van der Waals surface area (Å²) in [5.74, 6) is -0.191. The summed E-state index contributed by atoms with van der Waals surface area (Å²) in [5.41, 5.74) is 5.85. The van der Waals surface area contributed by atoms with Gasteiger partial charge < -0.3 is 14.6 Å². The summed E-state index contributed by atoms with van der Waals surface area (Å²) in [4.78, 5) is 17.5. The number of hydrogen-bond acceptors (Lipinski definition) is 4. The van der Waals surface area contributed by atoms with Gasteiger partial charge in [-0.1, -0.05) is 36.4 Å². The van der Waals surface area contributed by atoms with Crippen molar-refractivity contribution in [1.82, 2.24) is 4.98 Å². The molecule has 0 radical (unpaired) electrons. The molecule has 0 saturated carbocycles. The molecule has 1 aliphatic heterocycles. The Labute approximate surface area is 217 Å². The molecule has 1 aliphatic rings. The maximum absolute atomic E-state index is 12.7. The lowest BCUT2D eigenvalue weighted by molar-refractivity contribution is -0.160. The van der Waals surface area contributed by atoms with E-state index in [0.717, 1.165) is 57.0 Å². The summed E-state index contributed by atoms with van der Waals surface area (Å²) in [7, 11) is 0. The van der Waals surface area contributed by atoms with E-state index in [1.807, 2.05) is 65.1 Å². The van der Waals surface area contributed by atoms with E-state index in [0.29, 0.717) is 12.2 Å². The molecule has 0 bridgehead atoms. The van der Waals surface area contributed by atoms with Crippen LogP contribution >= 0.6 is 0 Å². The van der Waals surface area contributed by atoms with Gasteiger partial charge in [-0.2, -0.15) is 0 Å². The van der Waals surface area contributed by atoms with E-state index in [2.05, 4.69) is 30.3 Å². The predicted octanol–water partition coefficient (Wildman–Crippen LogP) is 7.36. The number of fused-ring (bicyclic) bond motifs is 1. The van der Waals surface area contributed by atoms with Crippen molar-refractivity contribution in [3.63, 3.8) is 0 Å². The first kappa shape index (κ1) is 25.0. The number of aliphatic carboxylic acids is 1. The van der Waals surface area contributed by atoms with Crippen LogP contribution in [-0.2, 0) is 22.4 Å². The Morgan fingerprint density at radius 2 is 2.00 bits per heavy atom. The smallest absolute Gasteiger partial charge is 0.337 e. The van der Waals surface area contributed by atoms with Crippen LogP contribution in [0.2, 0.25) is 0 Å². The van der Waals surface area contributed by atoms with Crippen molar-refractivity contribution in [3.8, 4) is 16.9 Å². The highest BCUT2D eigenvalue weighted by Gasteiger charge is 2.32. The molecule has 1 unspecified atom stereocenters. The van der Waals surface area contributed by atoms with Gasteiger partial charge in [-0.15, -0.1) is 0 Å². The quantitative estimate of drug-likeness (QED) is 0.283. The van der Waals surface area contributed by atoms with Crippen molar-refractivity contribution < 1.29 is 19.4 Å². The third-order valence-corrected chi connectivity index (χ3v) is 6.84. The highest BCUT2D eigenvalue weighted by Crippen LogP contribution is 2.45. The van der Waals surface area contributed by atoms with Gasteiger partial charge in [0.05, 0.1) is 17.7 Å². The maximum Gasteiger partial charge on any atom is 0.337 e. The number of rotatable bonds is 6. The number of carbonyl (C=O) groups is 1. The minimum Gasteiger partial charge on any atom is -0.493 e. The average Bonchev–Trinajstić information content (AvgIpc) is 2.85. The molecule has 0 aliphatic carbocycles. The van der Waals surface area contributed by atoms with Crippen LogP contribution < -0.4 is 4.74 Å². The summed E-state index contributed by atoms with van der Waals surface area (Å²) in [6.07, 6.45) is 6.54. The number of benzene rings is 3. The molecule has 0 amide bonds. The molecule has 190 valence electrons. The Balaban J connectivity index is 1.87. The lowest BCUT2D eigenvalue weighted by atomic mass is 9.85. The topological polar surface area (TPSA) is 68.7 Å². The SMILES string of the molecule is CC=CCc1ccc2c(-c3ccc4c5c(ccnc35)CCO4)c(C(OC(C)(C)C)C(=O)O)c(C)cc2c1. The van der Waals surface area contributed by atoms with Crippen molar-refractivity contribution in [3.05, 3.63) is 83.1 Å². The van der Waals surface area contributed by atoms with Crippen LogP contribution in [0.5, 0.6) is 5.75 Å². The zero-order valence-electron chi connectivity index (χ0n) is 22.1. The first-order valence-electron chi connectivity index (χ1n) is 12.8. The van der Waals surface area contributed by atoms with E-state index in [1.54, 1.807) is 0 Å². The number of allylic oxidation sites excluding steroid dienone is 2. The lowest BCUT2D eigenvalue weighted by Gasteiger charge is -2.29. The fourth-order valence-electron chi connectivity index (χ4n) is 5.31. The van der Waals surface area contributed by atoms with Gasteiger partial charge in [0.25, 0.3) is 0 Å². The third-order valence-electron chi connectivity index (χ3n) is 6.84. The van der Waals surface area contributed by atoms with Gasteiger partial charge in [0.1, 0.15) is 5.75 Å². The number of ether oxygens (including phenoxy) is 2. The number of carboxylic acid groups (broad SMARTS) is 1. The zero-order valence-corrected chi connectivity index (χ0v) is 22.1. The van der Waals surface area contributed by atoms with Gasteiger partial charge in [-0.3, -0.25) is 4.98 Å². The molecule has 0 spiro atoms. The largest absolute Gasteiger partial charge is 0.493 e. The number of carboxylic acids is 1. The van der Waals surface area contributed by atoms with Crippen molar-refractivity contribution in [2.24, 2.45) is 0 Å². The number of aromatic nitrogens is 1. The maximum atomic E-state index is 12.7. The van der Waals surface area contributed by atoms with Crippen LogP contribution in [-0.4, -0.2) is 28.3 Å². The molecule has 1 atom stereocenters. The van der Waals surface area contributed by atoms with E-state index >= 15 is 0 Å². The second kappa shape index (κ2) is 9.64. The minimum atomic E-state index is -1.14. The molecular formula is C32H33NO4. The van der Waals surface area contributed by atoms with Crippen LogP contribution in [0.3, 0.4) is 0 Å². The molecule has 3 aromatic carbocycles. The number of nitrogens with zero attached hydrogens (tertiary/aromatic N) is 1. The Hall–Kier alpha value is -3.70. The highest BCUT2D eigenvalue weighted by molar-refractivity contribution is 6.09. The Kier molecular flexibility index (Phi) is 6.50. The Morgan fingerprint density at radius 3 is 2.73 bits per heavy atom. The molecule has 5 heteroatoms. The summed E-state index contributed by atoms with van der Waals surface area (Å²) < 4.78 is 12.2. The van der Waals surface area contributed by atoms with Crippen molar-refractivity contribution in [2.75, 3.05) is 6.61 Å². The van der Waals surface area contributed by atoms with Gasteiger partial charge >= 0.3 is 5.97 Å². The van der Waals surface area contributed by atoms with E-state index < -0.39 is 17.7 Å². The van der Waals surface area contributed by atoms with Crippen LogP contribution in [0.1, 0.15) is 56.1 Å².